The van der Waals surface area contributed by atoms with Crippen LogP contribution in [0.4, 0.5) is 0 Å². The molecule has 0 aliphatic heterocycles. The number of aliphatic imine (C=N–C) groups is 1. The van der Waals surface area contributed by atoms with Crippen molar-refractivity contribution >= 4 is 35.8 Å². The first-order valence-corrected chi connectivity index (χ1v) is 9.99. The third-order valence-electron chi connectivity index (χ3n) is 4.30. The molecule has 166 valence electrons. The van der Waals surface area contributed by atoms with E-state index in [0.29, 0.717) is 25.2 Å². The lowest BCUT2D eigenvalue weighted by molar-refractivity contribution is 0.0954. The van der Waals surface area contributed by atoms with Crippen LogP contribution in [0.1, 0.15) is 35.1 Å². The summed E-state index contributed by atoms with van der Waals surface area (Å²) in [6, 6.07) is 9.12. The summed E-state index contributed by atoms with van der Waals surface area (Å²) in [5.74, 6) is 1.37. The third kappa shape index (κ3) is 8.60. The number of hydrogen-bond acceptors (Lipinski definition) is 4. The van der Waals surface area contributed by atoms with Crippen molar-refractivity contribution in [2.24, 2.45) is 4.99 Å². The molecule has 0 saturated heterocycles. The Balaban J connectivity index is 0.00000450. The van der Waals surface area contributed by atoms with Crippen LogP contribution in [-0.2, 0) is 6.54 Å². The largest absolute Gasteiger partial charge is 0.497 e. The van der Waals surface area contributed by atoms with E-state index in [1.807, 2.05) is 18.5 Å². The first-order chi connectivity index (χ1) is 14.0. The van der Waals surface area contributed by atoms with Crippen LogP contribution < -0.4 is 20.7 Å². The number of rotatable bonds is 10. The number of methoxy groups -OCH3 is 1. The standard InChI is InChI=1S/C21H32N6O2.HI/c1-5-22-21(24-11-6-14-27-17(3)15-16(2)26-27)25-13-12-23-20(28)18-7-9-19(29-4)10-8-18;/h7-10,15H,5-6,11-14H2,1-4H3,(H,23,28)(H2,22,24,25);1H. The third-order valence-corrected chi connectivity index (χ3v) is 4.30. The Bertz CT molecular complexity index is 804. The Labute approximate surface area is 195 Å². The van der Waals surface area contributed by atoms with Gasteiger partial charge in [-0.2, -0.15) is 5.10 Å². The van der Waals surface area contributed by atoms with E-state index in [1.165, 1.54) is 5.69 Å². The molecule has 0 aliphatic rings. The van der Waals surface area contributed by atoms with Gasteiger partial charge in [-0.25, -0.2) is 0 Å². The van der Waals surface area contributed by atoms with E-state index in [4.69, 9.17) is 4.74 Å². The van der Waals surface area contributed by atoms with E-state index in [9.17, 15) is 4.79 Å². The zero-order valence-corrected chi connectivity index (χ0v) is 20.5. The molecule has 0 aliphatic carbocycles. The highest BCUT2D eigenvalue weighted by atomic mass is 127. The fourth-order valence-corrected chi connectivity index (χ4v) is 2.86. The van der Waals surface area contributed by atoms with Gasteiger partial charge in [-0.1, -0.05) is 0 Å². The molecule has 0 saturated carbocycles. The molecule has 8 nitrogen and oxygen atoms in total. The maximum atomic E-state index is 12.2. The molecule has 0 bridgehead atoms. The van der Waals surface area contributed by atoms with Crippen molar-refractivity contribution < 1.29 is 9.53 Å². The van der Waals surface area contributed by atoms with E-state index < -0.39 is 0 Å². The molecule has 1 amide bonds. The highest BCUT2D eigenvalue weighted by Gasteiger charge is 2.05. The summed E-state index contributed by atoms with van der Waals surface area (Å²) in [5, 5.41) is 13.8. The second kappa shape index (κ2) is 13.8. The normalized spacial score (nSPS) is 10.9. The summed E-state index contributed by atoms with van der Waals surface area (Å²) < 4.78 is 7.12. The highest BCUT2D eigenvalue weighted by Crippen LogP contribution is 2.10. The first kappa shape index (κ1) is 25.7. The number of hydrogen-bond donors (Lipinski definition) is 3. The van der Waals surface area contributed by atoms with Crippen molar-refractivity contribution in [2.45, 2.75) is 33.7 Å². The number of benzene rings is 1. The topological polar surface area (TPSA) is 92.6 Å². The van der Waals surface area contributed by atoms with Gasteiger partial charge >= 0.3 is 0 Å². The Morgan fingerprint density at radius 3 is 2.43 bits per heavy atom. The lowest BCUT2D eigenvalue weighted by atomic mass is 10.2. The molecule has 9 heteroatoms. The number of nitrogens with zero attached hydrogens (tertiary/aromatic N) is 3. The molecule has 2 aromatic rings. The lowest BCUT2D eigenvalue weighted by Gasteiger charge is -2.12. The van der Waals surface area contributed by atoms with Crippen LogP contribution in [0.25, 0.3) is 0 Å². The van der Waals surface area contributed by atoms with Gasteiger partial charge in [0.05, 0.1) is 12.8 Å². The van der Waals surface area contributed by atoms with Gasteiger partial charge in [-0.05, 0) is 57.5 Å². The average molecular weight is 528 g/mol. The second-order valence-electron chi connectivity index (χ2n) is 6.68. The summed E-state index contributed by atoms with van der Waals surface area (Å²) >= 11 is 0. The van der Waals surface area contributed by atoms with Crippen LogP contribution in [0, 0.1) is 13.8 Å². The van der Waals surface area contributed by atoms with Crippen molar-refractivity contribution in [3.63, 3.8) is 0 Å². The van der Waals surface area contributed by atoms with Crippen LogP contribution in [0.2, 0.25) is 0 Å². The monoisotopic (exact) mass is 528 g/mol. The minimum Gasteiger partial charge on any atom is -0.497 e. The molecule has 0 radical (unpaired) electrons. The summed E-state index contributed by atoms with van der Waals surface area (Å²) in [6.45, 7) is 9.51. The predicted octanol–water partition coefficient (Wildman–Crippen LogP) is 2.50. The molecule has 2 rings (SSSR count). The zero-order valence-electron chi connectivity index (χ0n) is 18.2. The van der Waals surface area contributed by atoms with Crippen molar-refractivity contribution in [1.29, 1.82) is 0 Å². The summed E-state index contributed by atoms with van der Waals surface area (Å²) in [4.78, 5) is 16.7. The molecule has 1 aromatic carbocycles. The molecule has 0 atom stereocenters. The summed E-state index contributed by atoms with van der Waals surface area (Å²) in [5.41, 5.74) is 2.82. The zero-order chi connectivity index (χ0) is 21.1. The molecule has 0 fully saturated rings. The smallest absolute Gasteiger partial charge is 0.251 e. The van der Waals surface area contributed by atoms with E-state index in [1.54, 1.807) is 31.4 Å². The fraction of sp³-hybridized carbons (Fsp3) is 0.476. The molecular formula is C21H33IN6O2. The van der Waals surface area contributed by atoms with Gasteiger partial charge in [0.15, 0.2) is 5.96 Å². The van der Waals surface area contributed by atoms with Crippen molar-refractivity contribution in [3.8, 4) is 5.75 Å². The Morgan fingerprint density at radius 1 is 1.13 bits per heavy atom. The lowest BCUT2D eigenvalue weighted by Crippen LogP contribution is -2.41. The number of guanidine groups is 1. The van der Waals surface area contributed by atoms with Crippen molar-refractivity contribution in [2.75, 3.05) is 33.3 Å². The molecule has 1 aromatic heterocycles. The van der Waals surface area contributed by atoms with Gasteiger partial charge in [0, 0.05) is 44.0 Å². The molecule has 0 spiro atoms. The van der Waals surface area contributed by atoms with Gasteiger partial charge in [0.2, 0.25) is 0 Å². The number of ether oxygens (including phenoxy) is 1. The maximum Gasteiger partial charge on any atom is 0.251 e. The van der Waals surface area contributed by atoms with Gasteiger partial charge in [0.1, 0.15) is 5.75 Å². The number of carbonyl (C=O) groups excluding carboxylic acids is 1. The van der Waals surface area contributed by atoms with Crippen molar-refractivity contribution in [1.82, 2.24) is 25.7 Å². The van der Waals surface area contributed by atoms with Gasteiger partial charge in [-0.15, -0.1) is 24.0 Å². The van der Waals surface area contributed by atoms with E-state index in [2.05, 4.69) is 39.0 Å². The van der Waals surface area contributed by atoms with E-state index in [-0.39, 0.29) is 29.9 Å². The molecule has 30 heavy (non-hydrogen) atoms. The number of aromatic nitrogens is 2. The molecule has 3 N–H and O–H groups in total. The second-order valence-corrected chi connectivity index (χ2v) is 6.68. The fourth-order valence-electron chi connectivity index (χ4n) is 2.86. The predicted molar refractivity (Wildman–Crippen MR) is 131 cm³/mol. The van der Waals surface area contributed by atoms with E-state index >= 15 is 0 Å². The SMILES string of the molecule is CCNC(=NCCCn1nc(C)cc1C)NCCNC(=O)c1ccc(OC)cc1.I. The number of carbonyl (C=O) groups is 1. The molecule has 1 heterocycles. The Morgan fingerprint density at radius 2 is 1.83 bits per heavy atom. The number of nitrogens with one attached hydrogen (secondary N) is 3. The molecular weight excluding hydrogens is 495 g/mol. The minimum absolute atomic E-state index is 0. The minimum atomic E-state index is -0.110. The van der Waals surface area contributed by atoms with Crippen molar-refractivity contribution in [3.05, 3.63) is 47.3 Å². The van der Waals surface area contributed by atoms with Crippen LogP contribution >= 0.6 is 24.0 Å². The average Bonchev–Trinajstić information content (AvgIpc) is 3.05. The van der Waals surface area contributed by atoms with E-state index in [0.717, 1.165) is 36.9 Å². The number of halogens is 1. The van der Waals surface area contributed by atoms with Gasteiger partial charge < -0.3 is 20.7 Å². The van der Waals surface area contributed by atoms with Gasteiger partial charge in [0.25, 0.3) is 5.91 Å². The number of aryl methyl sites for hydroxylation is 3. The van der Waals surface area contributed by atoms with Gasteiger partial charge in [-0.3, -0.25) is 14.5 Å². The van der Waals surface area contributed by atoms with Crippen LogP contribution in [-0.4, -0.2) is 54.9 Å². The summed E-state index contributed by atoms with van der Waals surface area (Å²) in [6.07, 6.45) is 0.909. The molecule has 0 unspecified atom stereocenters. The maximum absolute atomic E-state index is 12.2. The van der Waals surface area contributed by atoms with Crippen LogP contribution in [0.15, 0.2) is 35.3 Å². The highest BCUT2D eigenvalue weighted by molar-refractivity contribution is 14.0. The Kier molecular flexibility index (Phi) is 11.9. The van der Waals surface area contributed by atoms with Crippen LogP contribution in [0.5, 0.6) is 5.75 Å². The van der Waals surface area contributed by atoms with Crippen LogP contribution in [0.3, 0.4) is 0 Å². The Hall–Kier alpha value is -2.30. The summed E-state index contributed by atoms with van der Waals surface area (Å²) in [7, 11) is 1.60. The quantitative estimate of drug-likeness (QED) is 0.191. The first-order valence-electron chi connectivity index (χ1n) is 9.99. The number of amides is 1.